The van der Waals surface area contributed by atoms with Gasteiger partial charge in [-0.2, -0.15) is 18.3 Å². The van der Waals surface area contributed by atoms with Crippen LogP contribution in [0.1, 0.15) is 12.5 Å². The Morgan fingerprint density at radius 3 is 2.53 bits per heavy atom. The number of halogens is 4. The molecule has 3 N–H and O–H groups in total. The highest BCUT2D eigenvalue weighted by molar-refractivity contribution is 5.86. The summed E-state index contributed by atoms with van der Waals surface area (Å²) in [6.45, 7) is 1.77. The van der Waals surface area contributed by atoms with Crippen LogP contribution in [0.15, 0.2) is 23.3 Å². The molecule has 94 valence electrons. The predicted molar refractivity (Wildman–Crippen MR) is 57.1 cm³/mol. The van der Waals surface area contributed by atoms with Crippen LogP contribution in [-0.2, 0) is 6.42 Å². The highest BCUT2D eigenvalue weighted by Crippen LogP contribution is 2.17. The van der Waals surface area contributed by atoms with Gasteiger partial charge in [0.05, 0.1) is 5.69 Å². The molecule has 0 aliphatic carbocycles. The van der Waals surface area contributed by atoms with E-state index in [1.807, 2.05) is 5.43 Å². The number of nitrogens with one attached hydrogen (secondary N) is 1. The van der Waals surface area contributed by atoms with Crippen LogP contribution in [0, 0.1) is 5.82 Å². The number of benzene rings is 1. The fraction of sp³-hybridized carbons (Fsp3) is 0.300. The van der Waals surface area contributed by atoms with Gasteiger partial charge in [-0.25, -0.2) is 4.39 Å². The Balaban J connectivity index is 2.80. The van der Waals surface area contributed by atoms with Crippen LogP contribution in [0.4, 0.5) is 23.2 Å². The van der Waals surface area contributed by atoms with Gasteiger partial charge in [-0.15, -0.1) is 0 Å². The van der Waals surface area contributed by atoms with E-state index in [1.165, 1.54) is 12.1 Å². The molecule has 0 fully saturated rings. The van der Waals surface area contributed by atoms with E-state index in [-0.39, 0.29) is 5.69 Å². The molecule has 0 amide bonds. The molecule has 7 heteroatoms. The number of alkyl halides is 3. The van der Waals surface area contributed by atoms with Crippen molar-refractivity contribution in [2.75, 3.05) is 5.43 Å². The molecule has 0 heterocycles. The number of nitrogens with zero attached hydrogens (tertiary/aromatic N) is 1. The first-order chi connectivity index (χ1) is 7.84. The van der Waals surface area contributed by atoms with E-state index in [2.05, 4.69) is 10.8 Å². The van der Waals surface area contributed by atoms with Crippen LogP contribution in [0.3, 0.4) is 0 Å². The van der Waals surface area contributed by atoms with Gasteiger partial charge in [0.1, 0.15) is 5.82 Å². The topological polar surface area (TPSA) is 50.4 Å². The maximum absolute atomic E-state index is 13.3. The van der Waals surface area contributed by atoms with Crippen molar-refractivity contribution in [2.45, 2.75) is 19.5 Å². The summed E-state index contributed by atoms with van der Waals surface area (Å²) in [6, 6.07) is 3.96. The number of nitrogens with two attached hydrogens (primary N) is 1. The standard InChI is InChI=1S/C10H11F4N3/c1-2-6-3-4-7(5-8(6)11)16-17-9(15)10(12,13)14/h3-5,16H,2H2,1H3,(H2,15,17). The first-order valence-corrected chi connectivity index (χ1v) is 4.79. The van der Waals surface area contributed by atoms with Crippen LogP contribution in [0.2, 0.25) is 0 Å². The zero-order valence-corrected chi connectivity index (χ0v) is 8.98. The molecule has 17 heavy (non-hydrogen) atoms. The lowest BCUT2D eigenvalue weighted by Crippen LogP contribution is -2.32. The van der Waals surface area contributed by atoms with Crippen molar-refractivity contribution in [3.8, 4) is 0 Å². The highest BCUT2D eigenvalue weighted by Gasteiger charge is 2.33. The largest absolute Gasteiger partial charge is 0.450 e. The van der Waals surface area contributed by atoms with Gasteiger partial charge >= 0.3 is 6.18 Å². The van der Waals surface area contributed by atoms with Crippen molar-refractivity contribution < 1.29 is 17.6 Å². The third kappa shape index (κ3) is 3.61. The summed E-state index contributed by atoms with van der Waals surface area (Å²) in [7, 11) is 0. The number of amidine groups is 1. The van der Waals surface area contributed by atoms with E-state index in [4.69, 9.17) is 0 Å². The minimum atomic E-state index is -4.70. The van der Waals surface area contributed by atoms with Crippen molar-refractivity contribution >= 4 is 11.5 Å². The molecule has 1 aromatic carbocycles. The summed E-state index contributed by atoms with van der Waals surface area (Å²) < 4.78 is 49.2. The second-order valence-corrected chi connectivity index (χ2v) is 3.27. The van der Waals surface area contributed by atoms with E-state index in [1.54, 1.807) is 6.92 Å². The van der Waals surface area contributed by atoms with Crippen LogP contribution >= 0.6 is 0 Å². The third-order valence-electron chi connectivity index (χ3n) is 2.03. The normalized spacial score (nSPS) is 12.6. The smallest absolute Gasteiger partial charge is 0.378 e. The fourth-order valence-corrected chi connectivity index (χ4v) is 1.09. The first kappa shape index (κ1) is 13.3. The summed E-state index contributed by atoms with van der Waals surface area (Å²) in [5.41, 5.74) is 7.29. The van der Waals surface area contributed by atoms with E-state index >= 15 is 0 Å². The Hall–Kier alpha value is -1.79. The number of hydrazone groups is 1. The lowest BCUT2D eigenvalue weighted by molar-refractivity contribution is -0.0599. The van der Waals surface area contributed by atoms with Gasteiger partial charge in [-0.1, -0.05) is 13.0 Å². The molecular formula is C10H11F4N3. The van der Waals surface area contributed by atoms with E-state index in [0.29, 0.717) is 12.0 Å². The Morgan fingerprint density at radius 2 is 2.06 bits per heavy atom. The predicted octanol–water partition coefficient (Wildman–Crippen LogP) is 2.63. The Labute approximate surface area is 95.3 Å². The van der Waals surface area contributed by atoms with Crippen molar-refractivity contribution in [3.05, 3.63) is 29.6 Å². The monoisotopic (exact) mass is 249 g/mol. The number of anilines is 1. The second kappa shape index (κ2) is 5.03. The average molecular weight is 249 g/mol. The zero-order chi connectivity index (χ0) is 13.1. The lowest BCUT2D eigenvalue weighted by Gasteiger charge is -2.07. The fourth-order valence-electron chi connectivity index (χ4n) is 1.09. The van der Waals surface area contributed by atoms with Gasteiger partial charge in [0.2, 0.25) is 5.84 Å². The minimum Gasteiger partial charge on any atom is -0.378 e. The van der Waals surface area contributed by atoms with E-state index < -0.39 is 17.8 Å². The van der Waals surface area contributed by atoms with Crippen LogP contribution in [-0.4, -0.2) is 12.0 Å². The average Bonchev–Trinajstić information content (AvgIpc) is 2.24. The molecule has 0 aliphatic rings. The number of hydrogen-bond donors (Lipinski definition) is 2. The molecule has 0 atom stereocenters. The van der Waals surface area contributed by atoms with Gasteiger partial charge < -0.3 is 5.73 Å². The second-order valence-electron chi connectivity index (χ2n) is 3.27. The molecule has 1 aromatic rings. The molecule has 1 rings (SSSR count). The minimum absolute atomic E-state index is 0.104. The van der Waals surface area contributed by atoms with E-state index in [0.717, 1.165) is 6.07 Å². The quantitative estimate of drug-likeness (QED) is 0.374. The summed E-state index contributed by atoms with van der Waals surface area (Å²) in [5.74, 6) is -2.02. The van der Waals surface area contributed by atoms with Gasteiger partial charge in [0.25, 0.3) is 0 Å². The van der Waals surface area contributed by atoms with Crippen LogP contribution in [0.5, 0.6) is 0 Å². The molecule has 0 saturated carbocycles. The van der Waals surface area contributed by atoms with Gasteiger partial charge in [0.15, 0.2) is 0 Å². The van der Waals surface area contributed by atoms with Crippen molar-refractivity contribution in [3.63, 3.8) is 0 Å². The molecular weight excluding hydrogens is 238 g/mol. The molecule has 0 unspecified atom stereocenters. The Morgan fingerprint density at radius 1 is 1.41 bits per heavy atom. The summed E-state index contributed by atoms with van der Waals surface area (Å²) in [4.78, 5) is 0. The molecule has 0 aliphatic heterocycles. The Bertz CT molecular complexity index is 426. The SMILES string of the molecule is CCc1ccc(NN=C(N)C(F)(F)F)cc1F. The maximum Gasteiger partial charge on any atom is 0.450 e. The molecule has 0 radical (unpaired) electrons. The highest BCUT2D eigenvalue weighted by atomic mass is 19.4. The first-order valence-electron chi connectivity index (χ1n) is 4.79. The zero-order valence-electron chi connectivity index (χ0n) is 8.98. The van der Waals surface area contributed by atoms with Gasteiger partial charge in [0, 0.05) is 0 Å². The van der Waals surface area contributed by atoms with Crippen molar-refractivity contribution in [1.29, 1.82) is 0 Å². The van der Waals surface area contributed by atoms with E-state index in [9.17, 15) is 17.6 Å². The third-order valence-corrected chi connectivity index (χ3v) is 2.03. The number of aryl methyl sites for hydroxylation is 1. The summed E-state index contributed by atoms with van der Waals surface area (Å²) in [5, 5.41) is 2.92. The number of rotatable bonds is 3. The lowest BCUT2D eigenvalue weighted by atomic mass is 10.1. The van der Waals surface area contributed by atoms with Crippen LogP contribution < -0.4 is 11.2 Å². The molecule has 3 nitrogen and oxygen atoms in total. The molecule has 0 spiro atoms. The molecule has 0 bridgehead atoms. The molecule has 0 saturated heterocycles. The van der Waals surface area contributed by atoms with Crippen molar-refractivity contribution in [2.24, 2.45) is 10.8 Å². The summed E-state index contributed by atoms with van der Waals surface area (Å²) >= 11 is 0. The molecule has 0 aromatic heterocycles. The van der Waals surface area contributed by atoms with Crippen molar-refractivity contribution in [1.82, 2.24) is 0 Å². The summed E-state index contributed by atoms with van der Waals surface area (Å²) in [6.07, 6.45) is -4.20. The van der Waals surface area contributed by atoms with Crippen LogP contribution in [0.25, 0.3) is 0 Å². The maximum atomic E-state index is 13.3. The number of hydrogen-bond acceptors (Lipinski definition) is 2. The van der Waals surface area contributed by atoms with Gasteiger partial charge in [-0.05, 0) is 24.1 Å². The Kier molecular flexibility index (Phi) is 3.93. The van der Waals surface area contributed by atoms with Gasteiger partial charge in [-0.3, -0.25) is 5.43 Å².